The van der Waals surface area contributed by atoms with E-state index in [4.69, 9.17) is 5.11 Å². The van der Waals surface area contributed by atoms with Gasteiger partial charge in [-0.1, -0.05) is 13.3 Å². The summed E-state index contributed by atoms with van der Waals surface area (Å²) in [6.45, 7) is 3.37. The summed E-state index contributed by atoms with van der Waals surface area (Å²) in [4.78, 5) is 14.7. The Balaban J connectivity index is 2.25. The molecule has 0 aliphatic rings. The maximum absolute atomic E-state index is 10.8. The highest BCUT2D eigenvalue weighted by molar-refractivity contribution is 5.73. The van der Waals surface area contributed by atoms with Gasteiger partial charge in [0.15, 0.2) is 0 Å². The second-order valence-electron chi connectivity index (χ2n) is 3.43. The molecule has 1 aromatic rings. The van der Waals surface area contributed by atoms with Crippen LogP contribution in [0.15, 0.2) is 18.7 Å². The molecule has 1 heterocycles. The fraction of sp³-hybridized carbons (Fsp3) is 0.600. The molecule has 1 atom stereocenters. The largest absolute Gasteiger partial charge is 0.480 e. The van der Waals surface area contributed by atoms with Crippen LogP contribution in [0.25, 0.3) is 0 Å². The van der Waals surface area contributed by atoms with Gasteiger partial charge < -0.3 is 15.0 Å². The number of aromatic nitrogens is 2. The minimum absolute atomic E-state index is 0.432. The maximum atomic E-state index is 10.8. The van der Waals surface area contributed by atoms with Crippen molar-refractivity contribution in [1.29, 1.82) is 0 Å². The number of carboxylic acid groups (broad SMARTS) is 1. The van der Waals surface area contributed by atoms with Crippen LogP contribution in [0.2, 0.25) is 0 Å². The Morgan fingerprint density at radius 3 is 3.00 bits per heavy atom. The average Bonchev–Trinajstić information content (AvgIpc) is 2.69. The maximum Gasteiger partial charge on any atom is 0.320 e. The Morgan fingerprint density at radius 1 is 1.67 bits per heavy atom. The van der Waals surface area contributed by atoms with E-state index in [1.54, 1.807) is 12.5 Å². The van der Waals surface area contributed by atoms with Crippen molar-refractivity contribution in [3.63, 3.8) is 0 Å². The Kier molecular flexibility index (Phi) is 4.83. The van der Waals surface area contributed by atoms with Gasteiger partial charge in [-0.25, -0.2) is 4.98 Å². The van der Waals surface area contributed by atoms with Gasteiger partial charge in [0, 0.05) is 25.5 Å². The number of carbonyl (C=O) groups is 1. The molecule has 0 amide bonds. The number of rotatable bonds is 7. The van der Waals surface area contributed by atoms with E-state index in [0.717, 1.165) is 13.0 Å². The first-order valence-electron chi connectivity index (χ1n) is 5.16. The van der Waals surface area contributed by atoms with Gasteiger partial charge in [0.1, 0.15) is 6.04 Å². The van der Waals surface area contributed by atoms with Gasteiger partial charge in [-0.15, -0.1) is 0 Å². The van der Waals surface area contributed by atoms with E-state index in [2.05, 4.69) is 10.3 Å². The van der Waals surface area contributed by atoms with E-state index in [-0.39, 0.29) is 0 Å². The molecule has 5 heteroatoms. The van der Waals surface area contributed by atoms with Crippen LogP contribution in [0.1, 0.15) is 19.8 Å². The molecule has 0 aliphatic heterocycles. The average molecular weight is 211 g/mol. The van der Waals surface area contributed by atoms with Crippen molar-refractivity contribution < 1.29 is 9.90 Å². The van der Waals surface area contributed by atoms with Crippen LogP contribution in [-0.4, -0.2) is 33.2 Å². The molecule has 1 unspecified atom stereocenters. The zero-order chi connectivity index (χ0) is 11.1. The molecule has 15 heavy (non-hydrogen) atoms. The van der Waals surface area contributed by atoms with Crippen molar-refractivity contribution >= 4 is 5.97 Å². The Hall–Kier alpha value is -1.36. The minimum Gasteiger partial charge on any atom is -0.480 e. The zero-order valence-corrected chi connectivity index (χ0v) is 8.89. The summed E-state index contributed by atoms with van der Waals surface area (Å²) >= 11 is 0. The first kappa shape index (κ1) is 11.7. The Bertz CT molecular complexity index is 285. The van der Waals surface area contributed by atoms with Crippen molar-refractivity contribution in [3.05, 3.63) is 18.7 Å². The molecule has 0 aliphatic carbocycles. The molecule has 2 N–H and O–H groups in total. The van der Waals surface area contributed by atoms with Gasteiger partial charge in [-0.2, -0.15) is 0 Å². The highest BCUT2D eigenvalue weighted by Crippen LogP contribution is 1.96. The number of imidazole rings is 1. The number of aliphatic carboxylic acids is 1. The van der Waals surface area contributed by atoms with Crippen molar-refractivity contribution in [2.75, 3.05) is 6.54 Å². The lowest BCUT2D eigenvalue weighted by Crippen LogP contribution is -2.38. The first-order valence-corrected chi connectivity index (χ1v) is 5.16. The third kappa shape index (κ3) is 4.12. The van der Waals surface area contributed by atoms with E-state index in [1.807, 2.05) is 17.7 Å². The first-order chi connectivity index (χ1) is 7.24. The molecule has 5 nitrogen and oxygen atoms in total. The normalized spacial score (nSPS) is 12.6. The van der Waals surface area contributed by atoms with Crippen molar-refractivity contribution in [3.8, 4) is 0 Å². The molecular weight excluding hydrogens is 194 g/mol. The highest BCUT2D eigenvalue weighted by atomic mass is 16.4. The Labute approximate surface area is 89.1 Å². The van der Waals surface area contributed by atoms with E-state index in [0.29, 0.717) is 13.0 Å². The molecular formula is C10H17N3O2. The molecule has 0 saturated carbocycles. The van der Waals surface area contributed by atoms with Gasteiger partial charge in [0.2, 0.25) is 0 Å². The van der Waals surface area contributed by atoms with E-state index >= 15 is 0 Å². The quantitative estimate of drug-likeness (QED) is 0.697. The standard InChI is InChI=1S/C10H17N3O2/c1-2-3-9(10(14)15)12-5-7-13-6-4-11-8-13/h4,6,8-9,12H,2-3,5,7H2,1H3,(H,14,15). The summed E-state index contributed by atoms with van der Waals surface area (Å²) < 4.78 is 1.91. The molecule has 0 saturated heterocycles. The topological polar surface area (TPSA) is 67.2 Å². The molecule has 0 aromatic carbocycles. The lowest BCUT2D eigenvalue weighted by atomic mass is 10.2. The fourth-order valence-corrected chi connectivity index (χ4v) is 1.39. The second-order valence-corrected chi connectivity index (χ2v) is 3.43. The molecule has 1 rings (SSSR count). The number of nitrogens with one attached hydrogen (secondary N) is 1. The summed E-state index contributed by atoms with van der Waals surface area (Å²) in [5.41, 5.74) is 0. The number of hydrogen-bond acceptors (Lipinski definition) is 3. The number of carboxylic acids is 1. The van der Waals surface area contributed by atoms with Gasteiger partial charge in [-0.3, -0.25) is 4.79 Å². The summed E-state index contributed by atoms with van der Waals surface area (Å²) in [5.74, 6) is -0.775. The molecule has 0 fully saturated rings. The van der Waals surface area contributed by atoms with Crippen LogP contribution in [-0.2, 0) is 11.3 Å². The van der Waals surface area contributed by atoms with Crippen molar-refractivity contribution in [2.24, 2.45) is 0 Å². The second kappa shape index (κ2) is 6.19. The van der Waals surface area contributed by atoms with Crippen LogP contribution < -0.4 is 5.32 Å². The summed E-state index contributed by atoms with van der Waals surface area (Å²) in [7, 11) is 0. The van der Waals surface area contributed by atoms with Crippen LogP contribution in [0, 0.1) is 0 Å². The summed E-state index contributed by atoms with van der Waals surface area (Å²) in [6.07, 6.45) is 6.82. The number of nitrogens with zero attached hydrogens (tertiary/aromatic N) is 2. The summed E-state index contributed by atoms with van der Waals surface area (Å²) in [6, 6.07) is -0.432. The van der Waals surface area contributed by atoms with Crippen LogP contribution in [0.3, 0.4) is 0 Å². The lowest BCUT2D eigenvalue weighted by Gasteiger charge is -2.13. The van der Waals surface area contributed by atoms with Gasteiger partial charge >= 0.3 is 5.97 Å². The highest BCUT2D eigenvalue weighted by Gasteiger charge is 2.14. The smallest absolute Gasteiger partial charge is 0.320 e. The zero-order valence-electron chi connectivity index (χ0n) is 8.89. The van der Waals surface area contributed by atoms with Gasteiger partial charge in [-0.05, 0) is 6.42 Å². The molecule has 0 radical (unpaired) electrons. The molecule has 0 spiro atoms. The van der Waals surface area contributed by atoms with Gasteiger partial charge in [0.25, 0.3) is 0 Å². The molecule has 0 bridgehead atoms. The van der Waals surface area contributed by atoms with E-state index in [9.17, 15) is 4.79 Å². The van der Waals surface area contributed by atoms with E-state index in [1.165, 1.54) is 0 Å². The SMILES string of the molecule is CCCC(NCCn1ccnc1)C(=O)O. The third-order valence-electron chi connectivity index (χ3n) is 2.20. The van der Waals surface area contributed by atoms with Crippen LogP contribution >= 0.6 is 0 Å². The van der Waals surface area contributed by atoms with E-state index < -0.39 is 12.0 Å². The number of hydrogen-bond donors (Lipinski definition) is 2. The summed E-state index contributed by atoms with van der Waals surface area (Å²) in [5, 5.41) is 11.9. The third-order valence-corrected chi connectivity index (χ3v) is 2.20. The monoisotopic (exact) mass is 211 g/mol. The van der Waals surface area contributed by atoms with Crippen LogP contribution in [0.4, 0.5) is 0 Å². The minimum atomic E-state index is -0.775. The predicted octanol–water partition coefficient (Wildman–Crippen LogP) is 0.726. The Morgan fingerprint density at radius 2 is 2.47 bits per heavy atom. The predicted molar refractivity (Wildman–Crippen MR) is 56.6 cm³/mol. The van der Waals surface area contributed by atoms with Crippen molar-refractivity contribution in [2.45, 2.75) is 32.4 Å². The fourth-order valence-electron chi connectivity index (χ4n) is 1.39. The van der Waals surface area contributed by atoms with Crippen molar-refractivity contribution in [1.82, 2.24) is 14.9 Å². The van der Waals surface area contributed by atoms with Gasteiger partial charge in [0.05, 0.1) is 6.33 Å². The molecule has 1 aromatic heterocycles. The van der Waals surface area contributed by atoms with Crippen LogP contribution in [0.5, 0.6) is 0 Å². The lowest BCUT2D eigenvalue weighted by molar-refractivity contribution is -0.139. The molecule has 84 valence electrons.